The van der Waals surface area contributed by atoms with E-state index in [1.165, 1.54) is 72.8 Å². The zero-order chi connectivity index (χ0) is 69.5. The van der Waals surface area contributed by atoms with Crippen molar-refractivity contribution in [2.75, 3.05) is 0 Å². The molecule has 0 saturated heterocycles. The number of carboxylic acid groups (broad SMARTS) is 12. The molecule has 0 radical (unpaired) electrons. The summed E-state index contributed by atoms with van der Waals surface area (Å²) in [6.07, 6.45) is 0. The van der Waals surface area contributed by atoms with Gasteiger partial charge in [0.25, 0.3) is 0 Å². The number of benzene rings is 10. The smallest absolute Gasteiger partial charge is 0.335 e. The molecule has 10 rings (SSSR count). The summed E-state index contributed by atoms with van der Waals surface area (Å²) in [4.78, 5) is 151. The molecule has 0 aliphatic rings. The zero-order valence-corrected chi connectivity index (χ0v) is 48.6. The van der Waals surface area contributed by atoms with Crippen molar-refractivity contribution in [1.82, 2.24) is 0 Å². The van der Waals surface area contributed by atoms with Gasteiger partial charge in [-0.1, -0.05) is 0 Å². The van der Waals surface area contributed by atoms with Crippen LogP contribution in [0.5, 0.6) is 0 Å². The van der Waals surface area contributed by atoms with Crippen LogP contribution in [0.25, 0.3) is 100 Å². The average Bonchev–Trinajstić information content (AvgIpc) is 0.787. The maximum atomic E-state index is 12.6. The first-order chi connectivity index (χ1) is 45.4. The first-order valence-electron chi connectivity index (χ1n) is 27.7. The summed E-state index contributed by atoms with van der Waals surface area (Å²) in [5, 5.41) is 123. The quantitative estimate of drug-likeness (QED) is 0.0318. The Bertz CT molecular complexity index is 4180. The predicted octanol–water partition coefficient (Wildman–Crippen LogP) is 13.1. The molecule has 0 heterocycles. The van der Waals surface area contributed by atoms with Crippen molar-refractivity contribution in [3.63, 3.8) is 0 Å². The second-order valence-electron chi connectivity index (χ2n) is 21.7. The Labute approximate surface area is 537 Å². The van der Waals surface area contributed by atoms with Gasteiger partial charge in [-0.25, -0.2) is 57.5 Å². The maximum Gasteiger partial charge on any atom is 0.335 e. The molecule has 24 heteroatoms. The summed E-state index contributed by atoms with van der Waals surface area (Å²) in [5.41, 5.74) is -5.60. The molecule has 474 valence electrons. The third-order valence-corrected chi connectivity index (χ3v) is 15.3. The Morgan fingerprint density at radius 3 is 0.240 bits per heavy atom. The lowest BCUT2D eigenvalue weighted by molar-refractivity contribution is 0.0676. The van der Waals surface area contributed by atoms with Gasteiger partial charge >= 0.3 is 71.6 Å². The fourth-order valence-electron chi connectivity index (χ4n) is 10.8. The largest absolute Gasteiger partial charge is 0.478 e. The van der Waals surface area contributed by atoms with Crippen LogP contribution in [0.2, 0.25) is 0 Å². The van der Waals surface area contributed by atoms with E-state index in [1.807, 2.05) is 0 Å². The molecule has 0 fully saturated rings. The van der Waals surface area contributed by atoms with Crippen LogP contribution in [-0.4, -0.2) is 133 Å². The van der Waals surface area contributed by atoms with Gasteiger partial charge in [-0.05, 0) is 282 Å². The summed E-state index contributed by atoms with van der Waals surface area (Å²) < 4.78 is 0. The third-order valence-electron chi connectivity index (χ3n) is 15.3. The molecule has 10 aromatic carbocycles. The van der Waals surface area contributed by atoms with Crippen LogP contribution in [0.1, 0.15) is 124 Å². The molecule has 24 nitrogen and oxygen atoms in total. The maximum absolute atomic E-state index is 12.6. The predicted molar refractivity (Wildman–Crippen MR) is 339 cm³/mol. The molecule has 0 aliphatic heterocycles. The van der Waals surface area contributed by atoms with Gasteiger partial charge in [0, 0.05) is 0 Å². The minimum atomic E-state index is -1.55. The van der Waals surface area contributed by atoms with E-state index in [0.29, 0.717) is 0 Å². The highest BCUT2D eigenvalue weighted by Crippen LogP contribution is 2.43. The molecule has 0 bridgehead atoms. The molecule has 0 saturated carbocycles. The van der Waals surface area contributed by atoms with Crippen LogP contribution in [0.15, 0.2) is 182 Å². The second-order valence-corrected chi connectivity index (χ2v) is 21.7. The van der Waals surface area contributed by atoms with Gasteiger partial charge in [0.1, 0.15) is 0 Å². The molecule has 12 N–H and O–H groups in total. The van der Waals surface area contributed by atoms with Crippen LogP contribution in [0.4, 0.5) is 0 Å². The van der Waals surface area contributed by atoms with Gasteiger partial charge in [0.15, 0.2) is 0 Å². The first-order valence-corrected chi connectivity index (χ1v) is 27.7. The van der Waals surface area contributed by atoms with E-state index in [1.54, 1.807) is 0 Å². The third kappa shape index (κ3) is 13.8. The monoisotopic (exact) mass is 1290 g/mol. The first kappa shape index (κ1) is 64.8. The summed E-state index contributed by atoms with van der Waals surface area (Å²) in [5.74, 6) is -18.6. The fourth-order valence-corrected chi connectivity index (χ4v) is 10.8. The standard InChI is InChI=1S/C72H42O24/c73-61(74)49-13-43(14-50(25-49)62(75)76)37-4-34(5-38(10-37)44-15-51(63(77)78)26-52(16-44)64(79)80)31-1-32(35-6-39(45-17-53(65(81)82)27-54(18-45)66(83)84)11-40(7-35)46-19-55(67(85)86)28-56(20-46)68(87)88)3-33(2-31)36-8-41(47-21-57(69(89)90)29-58(22-47)70(91)92)12-42(9-36)48-23-59(71(93)94)30-60(24-48)72(95)96/h1-30H,(H,73,74)(H,75,76)(H,77,78)(H,79,80)(H,81,82)(H,83,84)(H,85,86)(H,87,88)(H,89,90)(H,91,92)(H,93,94)(H,95,96). The van der Waals surface area contributed by atoms with Crippen molar-refractivity contribution in [3.8, 4) is 100 Å². The summed E-state index contributed by atoms with van der Waals surface area (Å²) in [6.45, 7) is 0. The van der Waals surface area contributed by atoms with Crippen LogP contribution >= 0.6 is 0 Å². The Kier molecular flexibility index (Phi) is 17.3. The Morgan fingerprint density at radius 1 is 0.115 bits per heavy atom. The Hall–Kier alpha value is -14.2. The number of rotatable bonds is 21. The van der Waals surface area contributed by atoms with Crippen molar-refractivity contribution in [2.45, 2.75) is 0 Å². The van der Waals surface area contributed by atoms with E-state index in [2.05, 4.69) is 0 Å². The highest BCUT2D eigenvalue weighted by molar-refractivity contribution is 6.03. The lowest BCUT2D eigenvalue weighted by atomic mass is 9.86. The molecule has 0 atom stereocenters. The molecule has 0 unspecified atom stereocenters. The molecule has 96 heavy (non-hydrogen) atoms. The van der Waals surface area contributed by atoms with Crippen LogP contribution in [0.3, 0.4) is 0 Å². The van der Waals surface area contributed by atoms with Crippen molar-refractivity contribution >= 4 is 71.6 Å². The van der Waals surface area contributed by atoms with Crippen molar-refractivity contribution in [3.05, 3.63) is 249 Å². The molecule has 10 aromatic rings. The van der Waals surface area contributed by atoms with Gasteiger partial charge in [-0.2, -0.15) is 0 Å². The van der Waals surface area contributed by atoms with E-state index in [-0.39, 0.29) is 100 Å². The van der Waals surface area contributed by atoms with Crippen molar-refractivity contribution in [2.24, 2.45) is 0 Å². The number of hydrogen-bond donors (Lipinski definition) is 12. The number of carboxylic acids is 12. The minimum absolute atomic E-state index is 0.0337. The zero-order valence-electron chi connectivity index (χ0n) is 48.6. The molecule has 0 aliphatic carbocycles. The van der Waals surface area contributed by atoms with Gasteiger partial charge in [0.2, 0.25) is 0 Å². The van der Waals surface area contributed by atoms with E-state index in [4.69, 9.17) is 0 Å². The molecule has 0 aromatic heterocycles. The summed E-state index contributed by atoms with van der Waals surface area (Å²) in [7, 11) is 0. The topological polar surface area (TPSA) is 448 Å². The van der Waals surface area contributed by atoms with E-state index in [9.17, 15) is 119 Å². The number of aromatic carboxylic acids is 12. The summed E-state index contributed by atoms with van der Waals surface area (Å²) in [6, 6.07) is 36.3. The average molecular weight is 1290 g/mol. The lowest BCUT2D eigenvalue weighted by Crippen LogP contribution is -2.04. The number of carbonyl (C=O) groups is 12. The highest BCUT2D eigenvalue weighted by Gasteiger charge is 2.24. The van der Waals surface area contributed by atoms with Gasteiger partial charge in [-0.15, -0.1) is 0 Å². The Morgan fingerprint density at radius 2 is 0.177 bits per heavy atom. The molecular formula is C72H42O24. The lowest BCUT2D eigenvalue weighted by Gasteiger charge is -2.18. The SMILES string of the molecule is O=C(O)c1cc(C(=O)O)cc(-c2cc(-c3cc(C(=O)O)cc(C(=O)O)c3)cc(-c3cc(-c4cc(-c5cc(C(=O)O)cc(C(=O)O)c5)cc(-c5cc(C(=O)O)cc(C(=O)O)c5)c4)cc(-c4cc(-c5cc(C(=O)O)cc(C(=O)O)c5)cc(-c5cc(C(=O)O)cc(C(=O)O)c5)c4)c3)c2)c1. The van der Waals surface area contributed by atoms with Gasteiger partial charge in [0.05, 0.1) is 66.8 Å². The van der Waals surface area contributed by atoms with Crippen LogP contribution < -0.4 is 0 Å². The van der Waals surface area contributed by atoms with E-state index < -0.39 is 138 Å². The second kappa shape index (κ2) is 25.6. The van der Waals surface area contributed by atoms with Crippen LogP contribution in [0, 0.1) is 0 Å². The van der Waals surface area contributed by atoms with Crippen LogP contribution in [-0.2, 0) is 0 Å². The number of hydrogen-bond acceptors (Lipinski definition) is 12. The highest BCUT2D eigenvalue weighted by atomic mass is 16.4. The summed E-state index contributed by atoms with van der Waals surface area (Å²) >= 11 is 0. The van der Waals surface area contributed by atoms with E-state index >= 15 is 0 Å². The van der Waals surface area contributed by atoms with Gasteiger partial charge in [-0.3, -0.25) is 0 Å². The normalized spacial score (nSPS) is 10.9. The van der Waals surface area contributed by atoms with Crippen molar-refractivity contribution in [1.29, 1.82) is 0 Å². The Balaban J connectivity index is 1.39. The van der Waals surface area contributed by atoms with Gasteiger partial charge < -0.3 is 61.3 Å². The van der Waals surface area contributed by atoms with Crippen molar-refractivity contribution < 1.29 is 119 Å². The molecular weight excluding hydrogens is 1250 g/mol. The minimum Gasteiger partial charge on any atom is -0.478 e. The van der Waals surface area contributed by atoms with E-state index in [0.717, 1.165) is 109 Å². The molecule has 0 amide bonds. The fraction of sp³-hybridized carbons (Fsp3) is 0. The molecule has 0 spiro atoms.